The van der Waals surface area contributed by atoms with Crippen molar-refractivity contribution in [2.24, 2.45) is 0 Å². The van der Waals surface area contributed by atoms with Crippen molar-refractivity contribution < 1.29 is 18.3 Å². The first kappa shape index (κ1) is 21.7. The van der Waals surface area contributed by atoms with Crippen LogP contribution in [0, 0.1) is 20.2 Å². The van der Waals surface area contributed by atoms with Crippen LogP contribution in [0.5, 0.6) is 0 Å². The first-order valence-corrected chi connectivity index (χ1v) is 10.9. The Morgan fingerprint density at radius 3 is 2.23 bits per heavy atom. The van der Waals surface area contributed by atoms with E-state index in [0.717, 1.165) is 25.3 Å². The topological polar surface area (TPSA) is 127 Å². The Morgan fingerprint density at radius 2 is 1.60 bits per heavy atom. The molecule has 0 saturated carbocycles. The second-order valence-corrected chi connectivity index (χ2v) is 9.05. The maximum absolute atomic E-state index is 12.9. The Bertz CT molecular complexity index is 1070. The standard InChI is InChI=1S/C19H22N4O6S/c1-20(14-15-7-3-4-8-17(15)22(24)25)18-10-9-16(13-19(18)23(26)27)30(28,29)21-11-5-2-6-12-21/h3-4,7-10,13H,2,5-6,11-12,14H2,1H3. The fraction of sp³-hybridized carbons (Fsp3) is 0.368. The van der Waals surface area contributed by atoms with E-state index in [1.165, 1.54) is 27.4 Å². The molecule has 0 aliphatic carbocycles. The molecule has 0 bridgehead atoms. The van der Waals surface area contributed by atoms with Crippen molar-refractivity contribution in [2.75, 3.05) is 25.0 Å². The summed E-state index contributed by atoms with van der Waals surface area (Å²) >= 11 is 0. The Hall–Kier alpha value is -3.05. The zero-order valence-corrected chi connectivity index (χ0v) is 17.2. The van der Waals surface area contributed by atoms with Gasteiger partial charge in [-0.1, -0.05) is 24.6 Å². The first-order valence-electron chi connectivity index (χ1n) is 9.44. The van der Waals surface area contributed by atoms with Crippen LogP contribution in [-0.4, -0.2) is 42.7 Å². The molecule has 30 heavy (non-hydrogen) atoms. The van der Waals surface area contributed by atoms with Crippen molar-refractivity contribution in [1.29, 1.82) is 0 Å². The lowest BCUT2D eigenvalue weighted by molar-refractivity contribution is -0.385. The SMILES string of the molecule is CN(Cc1ccccc1[N+](=O)[O-])c1ccc(S(=O)(=O)N2CCCCC2)cc1[N+](=O)[O-]. The zero-order chi connectivity index (χ0) is 21.9. The maximum atomic E-state index is 12.9. The van der Waals surface area contributed by atoms with Crippen LogP contribution in [0.25, 0.3) is 0 Å². The number of sulfonamides is 1. The largest absolute Gasteiger partial charge is 0.364 e. The Kier molecular flexibility index (Phi) is 6.32. The molecule has 0 radical (unpaired) electrons. The van der Waals surface area contributed by atoms with Crippen LogP contribution in [-0.2, 0) is 16.6 Å². The van der Waals surface area contributed by atoms with Crippen LogP contribution in [0.4, 0.5) is 17.1 Å². The molecule has 0 amide bonds. The molecule has 1 aliphatic rings. The molecule has 1 saturated heterocycles. The summed E-state index contributed by atoms with van der Waals surface area (Å²) in [6.45, 7) is 0.848. The highest BCUT2D eigenvalue weighted by Gasteiger charge is 2.29. The first-order chi connectivity index (χ1) is 14.2. The van der Waals surface area contributed by atoms with Gasteiger partial charge in [-0.3, -0.25) is 20.2 Å². The van der Waals surface area contributed by atoms with E-state index in [9.17, 15) is 28.6 Å². The molecular weight excluding hydrogens is 412 g/mol. The number of piperidine rings is 1. The van der Waals surface area contributed by atoms with Crippen LogP contribution in [0.3, 0.4) is 0 Å². The van der Waals surface area contributed by atoms with Crippen LogP contribution in [0.1, 0.15) is 24.8 Å². The highest BCUT2D eigenvalue weighted by Crippen LogP contribution is 2.33. The highest BCUT2D eigenvalue weighted by atomic mass is 32.2. The van der Waals surface area contributed by atoms with E-state index in [-0.39, 0.29) is 28.5 Å². The van der Waals surface area contributed by atoms with Gasteiger partial charge in [0.15, 0.2) is 0 Å². The molecule has 0 aromatic heterocycles. The molecule has 1 fully saturated rings. The molecule has 0 atom stereocenters. The molecule has 1 aliphatic heterocycles. The minimum atomic E-state index is -3.82. The Morgan fingerprint density at radius 1 is 0.967 bits per heavy atom. The predicted octanol–water partition coefficient (Wildman–Crippen LogP) is 3.31. The lowest BCUT2D eigenvalue weighted by Gasteiger charge is -2.26. The van der Waals surface area contributed by atoms with Crippen LogP contribution in [0.2, 0.25) is 0 Å². The fourth-order valence-corrected chi connectivity index (χ4v) is 5.09. The summed E-state index contributed by atoms with van der Waals surface area (Å²) in [5, 5.41) is 22.9. The van der Waals surface area contributed by atoms with Gasteiger partial charge in [-0.05, 0) is 25.0 Å². The molecule has 2 aromatic carbocycles. The second-order valence-electron chi connectivity index (χ2n) is 7.11. The third-order valence-electron chi connectivity index (χ3n) is 5.10. The van der Waals surface area contributed by atoms with Gasteiger partial charge in [0.2, 0.25) is 10.0 Å². The third-order valence-corrected chi connectivity index (χ3v) is 7.00. The van der Waals surface area contributed by atoms with Gasteiger partial charge in [0.1, 0.15) is 5.69 Å². The van der Waals surface area contributed by atoms with Crippen molar-refractivity contribution in [1.82, 2.24) is 4.31 Å². The molecule has 2 aromatic rings. The summed E-state index contributed by atoms with van der Waals surface area (Å²) in [5.41, 5.74) is 0.116. The van der Waals surface area contributed by atoms with Gasteiger partial charge in [0, 0.05) is 44.4 Å². The number of hydrogen-bond donors (Lipinski definition) is 0. The van der Waals surface area contributed by atoms with E-state index in [0.29, 0.717) is 18.7 Å². The van der Waals surface area contributed by atoms with Crippen molar-refractivity contribution in [3.63, 3.8) is 0 Å². The average molecular weight is 434 g/mol. The molecule has 160 valence electrons. The van der Waals surface area contributed by atoms with Crippen LogP contribution in [0.15, 0.2) is 47.4 Å². The number of nitro benzene ring substituents is 2. The number of anilines is 1. The fourth-order valence-electron chi connectivity index (χ4n) is 3.55. The van der Waals surface area contributed by atoms with E-state index in [1.807, 2.05) is 0 Å². The number of rotatable bonds is 7. The molecule has 1 heterocycles. The molecule has 0 spiro atoms. The summed E-state index contributed by atoms with van der Waals surface area (Å²) in [5.74, 6) is 0. The molecule has 0 unspecified atom stereocenters. The van der Waals surface area contributed by atoms with Gasteiger partial charge >= 0.3 is 0 Å². The lowest BCUT2D eigenvalue weighted by atomic mass is 10.1. The molecule has 0 N–H and O–H groups in total. The molecule has 10 nitrogen and oxygen atoms in total. The minimum Gasteiger partial charge on any atom is -0.364 e. The summed E-state index contributed by atoms with van der Waals surface area (Å²) in [4.78, 5) is 23.1. The van der Waals surface area contributed by atoms with Crippen molar-refractivity contribution >= 4 is 27.1 Å². The molecule has 3 rings (SSSR count). The smallest absolute Gasteiger partial charge is 0.293 e. The van der Waals surface area contributed by atoms with E-state index < -0.39 is 19.9 Å². The van der Waals surface area contributed by atoms with E-state index in [4.69, 9.17) is 0 Å². The lowest BCUT2D eigenvalue weighted by Crippen LogP contribution is -2.35. The maximum Gasteiger partial charge on any atom is 0.293 e. The summed E-state index contributed by atoms with van der Waals surface area (Å²) in [6.07, 6.45) is 2.48. The predicted molar refractivity (Wildman–Crippen MR) is 111 cm³/mol. The number of para-hydroxylation sites is 1. The van der Waals surface area contributed by atoms with Crippen molar-refractivity contribution in [3.8, 4) is 0 Å². The summed E-state index contributed by atoms with van der Waals surface area (Å²) in [6, 6.07) is 9.94. The quantitative estimate of drug-likeness (QED) is 0.483. The number of nitro groups is 2. The van der Waals surface area contributed by atoms with E-state index >= 15 is 0 Å². The second kappa shape index (κ2) is 8.76. The van der Waals surface area contributed by atoms with Crippen LogP contribution >= 0.6 is 0 Å². The average Bonchev–Trinajstić information content (AvgIpc) is 2.74. The number of benzene rings is 2. The van der Waals surface area contributed by atoms with Gasteiger partial charge < -0.3 is 4.90 Å². The summed E-state index contributed by atoms with van der Waals surface area (Å²) in [7, 11) is -2.25. The van der Waals surface area contributed by atoms with E-state index in [2.05, 4.69) is 0 Å². The molecular formula is C19H22N4O6S. The van der Waals surface area contributed by atoms with E-state index in [1.54, 1.807) is 25.2 Å². The normalized spacial score (nSPS) is 15.0. The van der Waals surface area contributed by atoms with Gasteiger partial charge in [-0.2, -0.15) is 4.31 Å². The number of nitrogens with zero attached hydrogens (tertiary/aromatic N) is 4. The van der Waals surface area contributed by atoms with Gasteiger partial charge in [0.25, 0.3) is 11.4 Å². The van der Waals surface area contributed by atoms with Gasteiger partial charge in [-0.25, -0.2) is 8.42 Å². The van der Waals surface area contributed by atoms with Crippen LogP contribution < -0.4 is 4.90 Å². The van der Waals surface area contributed by atoms with Gasteiger partial charge in [0.05, 0.1) is 14.7 Å². The molecule has 11 heteroatoms. The Balaban J connectivity index is 1.94. The minimum absolute atomic E-state index is 0.0518. The monoisotopic (exact) mass is 434 g/mol. The third kappa shape index (κ3) is 4.41. The van der Waals surface area contributed by atoms with Crippen molar-refractivity contribution in [3.05, 3.63) is 68.3 Å². The zero-order valence-electron chi connectivity index (χ0n) is 16.4. The summed E-state index contributed by atoms with van der Waals surface area (Å²) < 4.78 is 27.1. The Labute approximate surface area is 174 Å². The van der Waals surface area contributed by atoms with Crippen molar-refractivity contribution in [2.45, 2.75) is 30.7 Å². The van der Waals surface area contributed by atoms with Gasteiger partial charge in [-0.15, -0.1) is 0 Å². The highest BCUT2D eigenvalue weighted by molar-refractivity contribution is 7.89. The number of hydrogen-bond acceptors (Lipinski definition) is 7.